The molecule has 0 fully saturated rings. The number of Topliss-reactive ketones (excluding diaryl/α,β-unsaturated/α-hetero) is 1. The van der Waals surface area contributed by atoms with Crippen molar-refractivity contribution in [2.45, 2.75) is 32.6 Å². The average Bonchev–Trinajstić information content (AvgIpc) is 2.05. The molecule has 0 amide bonds. The van der Waals surface area contributed by atoms with Crippen molar-refractivity contribution in [1.82, 2.24) is 0 Å². The van der Waals surface area contributed by atoms with Gasteiger partial charge >= 0.3 is 0 Å². The molecule has 1 unspecified atom stereocenters. The molecule has 2 heteroatoms. The minimum atomic E-state index is 0.281. The lowest BCUT2D eigenvalue weighted by molar-refractivity contribution is -0.119. The molecule has 2 N–H and O–H groups in total. The first-order valence-corrected chi connectivity index (χ1v) is 4.36. The van der Waals surface area contributed by atoms with Crippen LogP contribution in [0.15, 0.2) is 0 Å². The van der Waals surface area contributed by atoms with Gasteiger partial charge in [0.05, 0.1) is 0 Å². The number of unbranched alkanes of at least 4 members (excludes halogenated alkanes) is 1. The van der Waals surface area contributed by atoms with E-state index in [1.54, 1.807) is 0 Å². The Morgan fingerprint density at radius 2 is 2.33 bits per heavy atom. The Morgan fingerprint density at radius 1 is 1.67 bits per heavy atom. The largest absolute Gasteiger partial charge is 0.330 e. The van der Waals surface area contributed by atoms with Crippen LogP contribution in [0.1, 0.15) is 32.6 Å². The van der Waals surface area contributed by atoms with E-state index in [2.05, 4.69) is 5.92 Å². The second kappa shape index (κ2) is 6.87. The van der Waals surface area contributed by atoms with E-state index in [9.17, 15) is 4.79 Å². The van der Waals surface area contributed by atoms with Crippen LogP contribution in [0.4, 0.5) is 0 Å². The number of nitrogens with two attached hydrogens (primary N) is 1. The highest BCUT2D eigenvalue weighted by Gasteiger charge is 2.06. The van der Waals surface area contributed by atoms with Gasteiger partial charge in [0.1, 0.15) is 5.78 Å². The molecule has 0 aromatic heterocycles. The van der Waals surface area contributed by atoms with Crippen molar-refractivity contribution in [3.05, 3.63) is 0 Å². The van der Waals surface area contributed by atoms with Crippen molar-refractivity contribution in [3.63, 3.8) is 0 Å². The van der Waals surface area contributed by atoms with E-state index in [1.807, 2.05) is 6.92 Å². The monoisotopic (exact) mass is 167 g/mol. The van der Waals surface area contributed by atoms with Gasteiger partial charge in [0.2, 0.25) is 0 Å². The normalized spacial score (nSPS) is 12.1. The average molecular weight is 167 g/mol. The second-order valence-electron chi connectivity index (χ2n) is 3.14. The van der Waals surface area contributed by atoms with Crippen LogP contribution in [-0.2, 0) is 4.79 Å². The van der Waals surface area contributed by atoms with E-state index < -0.39 is 0 Å². The highest BCUT2D eigenvalue weighted by molar-refractivity contribution is 5.78. The molecule has 1 atom stereocenters. The second-order valence-corrected chi connectivity index (χ2v) is 3.14. The van der Waals surface area contributed by atoms with Crippen molar-refractivity contribution < 1.29 is 4.79 Å². The van der Waals surface area contributed by atoms with Crippen molar-refractivity contribution in [3.8, 4) is 12.3 Å². The van der Waals surface area contributed by atoms with Crippen molar-refractivity contribution >= 4 is 5.78 Å². The van der Waals surface area contributed by atoms with E-state index in [0.29, 0.717) is 31.7 Å². The Morgan fingerprint density at radius 3 is 2.83 bits per heavy atom. The van der Waals surface area contributed by atoms with Crippen LogP contribution >= 0.6 is 0 Å². The van der Waals surface area contributed by atoms with Gasteiger partial charge in [-0.25, -0.2) is 0 Å². The molecular formula is C10H17NO. The van der Waals surface area contributed by atoms with Gasteiger partial charge in [-0.15, -0.1) is 12.3 Å². The summed E-state index contributed by atoms with van der Waals surface area (Å²) in [7, 11) is 0. The molecule has 0 radical (unpaired) electrons. The summed E-state index contributed by atoms with van der Waals surface area (Å²) in [6.07, 6.45) is 7.77. The Bertz CT molecular complexity index is 169. The SMILES string of the molecule is C#CCCCC(=O)CC(C)CN. The van der Waals surface area contributed by atoms with Crippen LogP contribution in [0.25, 0.3) is 0 Å². The lowest BCUT2D eigenvalue weighted by atomic mass is 10.0. The summed E-state index contributed by atoms with van der Waals surface area (Å²) in [6, 6.07) is 0. The Labute approximate surface area is 74.5 Å². The van der Waals surface area contributed by atoms with Crippen molar-refractivity contribution in [2.75, 3.05) is 6.54 Å². The van der Waals surface area contributed by atoms with Crippen LogP contribution in [0.5, 0.6) is 0 Å². The molecule has 0 saturated heterocycles. The van der Waals surface area contributed by atoms with Crippen molar-refractivity contribution in [1.29, 1.82) is 0 Å². The van der Waals surface area contributed by atoms with Crippen LogP contribution in [0.3, 0.4) is 0 Å². The fourth-order valence-corrected chi connectivity index (χ4v) is 0.962. The molecule has 68 valence electrons. The number of hydrogen-bond acceptors (Lipinski definition) is 2. The van der Waals surface area contributed by atoms with E-state index in [-0.39, 0.29) is 5.78 Å². The molecule has 0 bridgehead atoms. The quantitative estimate of drug-likeness (QED) is 0.479. The van der Waals surface area contributed by atoms with Gasteiger partial charge in [0, 0.05) is 19.3 Å². The van der Waals surface area contributed by atoms with Gasteiger partial charge in [0.15, 0.2) is 0 Å². The summed E-state index contributed by atoms with van der Waals surface area (Å²) in [4.78, 5) is 11.2. The topological polar surface area (TPSA) is 43.1 Å². The van der Waals surface area contributed by atoms with Gasteiger partial charge in [-0.2, -0.15) is 0 Å². The van der Waals surface area contributed by atoms with Crippen LogP contribution in [0, 0.1) is 18.3 Å². The Hall–Kier alpha value is -0.810. The van der Waals surface area contributed by atoms with E-state index in [4.69, 9.17) is 12.2 Å². The molecule has 0 heterocycles. The molecular weight excluding hydrogens is 150 g/mol. The van der Waals surface area contributed by atoms with Crippen LogP contribution < -0.4 is 5.73 Å². The molecule has 2 nitrogen and oxygen atoms in total. The number of hydrogen-bond donors (Lipinski definition) is 1. The number of rotatable bonds is 6. The molecule has 0 aliphatic rings. The zero-order chi connectivity index (χ0) is 9.40. The van der Waals surface area contributed by atoms with Gasteiger partial charge in [0.25, 0.3) is 0 Å². The lowest BCUT2D eigenvalue weighted by Gasteiger charge is -2.05. The molecule has 0 rings (SSSR count). The Balaban J connectivity index is 3.41. The predicted molar refractivity (Wildman–Crippen MR) is 50.5 cm³/mol. The van der Waals surface area contributed by atoms with E-state index >= 15 is 0 Å². The zero-order valence-electron chi connectivity index (χ0n) is 7.68. The van der Waals surface area contributed by atoms with Gasteiger partial charge in [-0.3, -0.25) is 4.79 Å². The zero-order valence-corrected chi connectivity index (χ0v) is 7.68. The first-order valence-electron chi connectivity index (χ1n) is 4.36. The maximum atomic E-state index is 11.2. The van der Waals surface area contributed by atoms with Crippen LogP contribution in [0.2, 0.25) is 0 Å². The first kappa shape index (κ1) is 11.2. The predicted octanol–water partition coefficient (Wildman–Crippen LogP) is 1.34. The van der Waals surface area contributed by atoms with Crippen LogP contribution in [-0.4, -0.2) is 12.3 Å². The maximum absolute atomic E-state index is 11.2. The third kappa shape index (κ3) is 5.94. The fourth-order valence-electron chi connectivity index (χ4n) is 0.962. The number of carbonyl (C=O) groups excluding carboxylic acids is 1. The van der Waals surface area contributed by atoms with Gasteiger partial charge in [-0.05, 0) is 18.9 Å². The summed E-state index contributed by atoms with van der Waals surface area (Å²) in [5, 5.41) is 0. The molecule has 0 spiro atoms. The fraction of sp³-hybridized carbons (Fsp3) is 0.700. The summed E-state index contributed by atoms with van der Waals surface area (Å²) in [5.74, 6) is 3.10. The standard InChI is InChI=1S/C10H17NO/c1-3-4-5-6-10(12)7-9(2)8-11/h1,9H,4-8,11H2,2H3. The molecule has 0 aliphatic carbocycles. The summed E-state index contributed by atoms with van der Waals surface area (Å²) >= 11 is 0. The third-order valence-corrected chi connectivity index (χ3v) is 1.76. The minimum Gasteiger partial charge on any atom is -0.330 e. The smallest absolute Gasteiger partial charge is 0.133 e. The third-order valence-electron chi connectivity index (χ3n) is 1.76. The molecule has 0 aliphatic heterocycles. The van der Waals surface area contributed by atoms with E-state index in [1.165, 1.54) is 0 Å². The molecule has 0 aromatic rings. The number of ketones is 1. The van der Waals surface area contributed by atoms with Crippen molar-refractivity contribution in [2.24, 2.45) is 11.7 Å². The lowest BCUT2D eigenvalue weighted by Crippen LogP contribution is -2.14. The van der Waals surface area contributed by atoms with Gasteiger partial charge < -0.3 is 5.73 Å². The maximum Gasteiger partial charge on any atom is 0.133 e. The summed E-state index contributed by atoms with van der Waals surface area (Å²) in [6.45, 7) is 2.57. The Kier molecular flexibility index (Phi) is 6.41. The van der Waals surface area contributed by atoms with Gasteiger partial charge in [-0.1, -0.05) is 6.92 Å². The van der Waals surface area contributed by atoms with E-state index in [0.717, 1.165) is 6.42 Å². The molecule has 12 heavy (non-hydrogen) atoms. The summed E-state index contributed by atoms with van der Waals surface area (Å²) in [5.41, 5.74) is 5.39. The minimum absolute atomic E-state index is 0.281. The highest BCUT2D eigenvalue weighted by Crippen LogP contribution is 2.05. The first-order chi connectivity index (χ1) is 5.70. The summed E-state index contributed by atoms with van der Waals surface area (Å²) < 4.78 is 0. The highest BCUT2D eigenvalue weighted by atomic mass is 16.1. The molecule has 0 saturated carbocycles. The number of carbonyl (C=O) groups is 1. The number of terminal acetylenes is 1. The molecule has 0 aromatic carbocycles.